The molecule has 0 radical (unpaired) electrons. The molecule has 0 aliphatic heterocycles. The average Bonchev–Trinajstić information content (AvgIpc) is 2.88. The van der Waals surface area contributed by atoms with Crippen LogP contribution in [-0.4, -0.2) is 41.2 Å². The van der Waals surface area contributed by atoms with Gasteiger partial charge in [-0.15, -0.1) is 0 Å². The highest BCUT2D eigenvalue weighted by molar-refractivity contribution is 9.10. The van der Waals surface area contributed by atoms with Gasteiger partial charge in [-0.05, 0) is 34.0 Å². The van der Waals surface area contributed by atoms with E-state index in [4.69, 9.17) is 4.74 Å². The van der Waals surface area contributed by atoms with Crippen molar-refractivity contribution in [3.63, 3.8) is 0 Å². The fraction of sp³-hybridized carbons (Fsp3) is 0.375. The van der Waals surface area contributed by atoms with Crippen LogP contribution in [0.15, 0.2) is 28.7 Å². The second-order valence-electron chi connectivity index (χ2n) is 5.49. The van der Waals surface area contributed by atoms with E-state index in [-0.39, 0.29) is 24.2 Å². The molecule has 0 unspecified atom stereocenters. The van der Waals surface area contributed by atoms with E-state index >= 15 is 0 Å². The monoisotopic (exact) mass is 383 g/mol. The van der Waals surface area contributed by atoms with Gasteiger partial charge < -0.3 is 9.64 Å². The van der Waals surface area contributed by atoms with Crippen LogP contribution in [0.2, 0.25) is 0 Å². The fourth-order valence-corrected chi connectivity index (χ4v) is 2.81. The molecule has 1 aromatic heterocycles. The summed E-state index contributed by atoms with van der Waals surface area (Å²) in [5, 5.41) is 6.96. The summed E-state index contributed by atoms with van der Waals surface area (Å²) in [5.41, 5.74) is 1.24. The van der Waals surface area contributed by atoms with E-state index < -0.39 is 0 Å². The van der Waals surface area contributed by atoms with Crippen LogP contribution in [-0.2, 0) is 0 Å². The van der Waals surface area contributed by atoms with Crippen LogP contribution >= 0.6 is 15.9 Å². The lowest BCUT2D eigenvalue weighted by Crippen LogP contribution is -2.31. The first kappa shape index (κ1) is 17.5. The number of amides is 1. The number of halogens is 2. The molecular formula is C16H19BrFN3O2. The van der Waals surface area contributed by atoms with Gasteiger partial charge in [-0.2, -0.15) is 5.10 Å². The Bertz CT molecular complexity index is 688. The smallest absolute Gasteiger partial charge is 0.275 e. The third-order valence-electron chi connectivity index (χ3n) is 3.35. The minimum absolute atomic E-state index is 0.206. The van der Waals surface area contributed by atoms with Crippen molar-refractivity contribution >= 4 is 21.8 Å². The molecule has 5 nitrogen and oxygen atoms in total. The SMILES string of the molecule is CC(C)c1[nH]nc(C(=O)N(C)CCOc2cccc(F)c2)c1Br. The lowest BCUT2D eigenvalue weighted by Gasteiger charge is -2.16. The van der Waals surface area contributed by atoms with Crippen LogP contribution in [0.25, 0.3) is 0 Å². The number of nitrogens with one attached hydrogen (secondary N) is 1. The molecule has 1 amide bonds. The number of hydrogen-bond acceptors (Lipinski definition) is 3. The van der Waals surface area contributed by atoms with Gasteiger partial charge in [-0.3, -0.25) is 9.89 Å². The molecule has 2 rings (SSSR count). The van der Waals surface area contributed by atoms with Crippen molar-refractivity contribution in [3.8, 4) is 5.75 Å². The van der Waals surface area contributed by atoms with Gasteiger partial charge in [0.15, 0.2) is 5.69 Å². The van der Waals surface area contributed by atoms with Gasteiger partial charge >= 0.3 is 0 Å². The van der Waals surface area contributed by atoms with Gasteiger partial charge in [0.2, 0.25) is 0 Å². The highest BCUT2D eigenvalue weighted by atomic mass is 79.9. The highest BCUT2D eigenvalue weighted by Crippen LogP contribution is 2.26. The van der Waals surface area contributed by atoms with Crippen LogP contribution in [0, 0.1) is 5.82 Å². The standard InChI is InChI=1S/C16H19BrFN3O2/c1-10(2)14-13(17)15(20-19-14)16(22)21(3)7-8-23-12-6-4-5-11(18)9-12/h4-6,9-10H,7-8H2,1-3H3,(H,19,20). The molecule has 0 saturated carbocycles. The predicted molar refractivity (Wildman–Crippen MR) is 89.2 cm³/mol. The molecule has 1 N–H and O–H groups in total. The van der Waals surface area contributed by atoms with Crippen molar-refractivity contribution in [1.82, 2.24) is 15.1 Å². The zero-order valence-electron chi connectivity index (χ0n) is 13.3. The molecule has 0 saturated heterocycles. The summed E-state index contributed by atoms with van der Waals surface area (Å²) in [6.07, 6.45) is 0. The van der Waals surface area contributed by atoms with Crippen LogP contribution < -0.4 is 4.74 Å². The molecule has 0 aliphatic rings. The topological polar surface area (TPSA) is 58.2 Å². The van der Waals surface area contributed by atoms with Gasteiger partial charge in [0.25, 0.3) is 5.91 Å². The number of H-pyrrole nitrogens is 1. The van der Waals surface area contributed by atoms with Crippen molar-refractivity contribution in [3.05, 3.63) is 45.9 Å². The fourth-order valence-electron chi connectivity index (χ4n) is 2.01. The Morgan fingerprint density at radius 1 is 1.48 bits per heavy atom. The first-order valence-corrected chi connectivity index (χ1v) is 8.07. The maximum absolute atomic E-state index is 13.1. The van der Waals surface area contributed by atoms with Gasteiger partial charge in [-0.25, -0.2) is 4.39 Å². The van der Waals surface area contributed by atoms with Crippen LogP contribution in [0.3, 0.4) is 0 Å². The molecule has 0 fully saturated rings. The molecule has 1 heterocycles. The highest BCUT2D eigenvalue weighted by Gasteiger charge is 2.22. The number of carbonyl (C=O) groups is 1. The Morgan fingerprint density at radius 2 is 2.22 bits per heavy atom. The van der Waals surface area contributed by atoms with E-state index in [1.807, 2.05) is 13.8 Å². The number of nitrogens with zero attached hydrogens (tertiary/aromatic N) is 2. The van der Waals surface area contributed by atoms with E-state index in [1.165, 1.54) is 17.0 Å². The zero-order chi connectivity index (χ0) is 17.0. The molecule has 23 heavy (non-hydrogen) atoms. The second-order valence-corrected chi connectivity index (χ2v) is 6.28. The number of rotatable bonds is 6. The lowest BCUT2D eigenvalue weighted by atomic mass is 10.1. The summed E-state index contributed by atoms with van der Waals surface area (Å²) in [5.74, 6) is 0.116. The molecule has 2 aromatic rings. The predicted octanol–water partition coefficient (Wildman–Crippen LogP) is 3.59. The maximum Gasteiger partial charge on any atom is 0.275 e. The van der Waals surface area contributed by atoms with Gasteiger partial charge in [0.05, 0.1) is 16.7 Å². The Labute approximate surface area is 143 Å². The number of likely N-dealkylation sites (N-methyl/N-ethyl adjacent to an activating group) is 1. The minimum atomic E-state index is -0.353. The Morgan fingerprint density at radius 3 is 2.83 bits per heavy atom. The van der Waals surface area contributed by atoms with Crippen molar-refractivity contribution in [2.45, 2.75) is 19.8 Å². The van der Waals surface area contributed by atoms with Gasteiger partial charge in [0.1, 0.15) is 18.2 Å². The minimum Gasteiger partial charge on any atom is -0.492 e. The van der Waals surface area contributed by atoms with Gasteiger partial charge in [-0.1, -0.05) is 19.9 Å². The summed E-state index contributed by atoms with van der Waals surface area (Å²) in [6, 6.07) is 5.91. The first-order valence-electron chi connectivity index (χ1n) is 7.27. The summed E-state index contributed by atoms with van der Waals surface area (Å²) in [7, 11) is 1.67. The van der Waals surface area contributed by atoms with Crippen molar-refractivity contribution in [2.24, 2.45) is 0 Å². The Kier molecular flexibility index (Phi) is 5.76. The summed E-state index contributed by atoms with van der Waals surface area (Å²) < 4.78 is 19.2. The number of hydrogen-bond donors (Lipinski definition) is 1. The van der Waals surface area contributed by atoms with Gasteiger partial charge in [0, 0.05) is 13.1 Å². The van der Waals surface area contributed by atoms with Crippen molar-refractivity contribution in [2.75, 3.05) is 20.2 Å². The molecule has 7 heteroatoms. The molecule has 0 spiro atoms. The Hall–Kier alpha value is -1.89. The zero-order valence-corrected chi connectivity index (χ0v) is 14.9. The van der Waals surface area contributed by atoms with E-state index in [1.54, 1.807) is 19.2 Å². The van der Waals surface area contributed by atoms with E-state index in [0.29, 0.717) is 22.5 Å². The number of benzene rings is 1. The van der Waals surface area contributed by atoms with Crippen LogP contribution in [0.1, 0.15) is 35.9 Å². The number of aromatic nitrogens is 2. The maximum atomic E-state index is 13.1. The molecule has 1 aromatic carbocycles. The molecule has 0 atom stereocenters. The largest absolute Gasteiger partial charge is 0.492 e. The molecule has 0 aliphatic carbocycles. The van der Waals surface area contributed by atoms with E-state index in [9.17, 15) is 9.18 Å². The van der Waals surface area contributed by atoms with Crippen molar-refractivity contribution < 1.29 is 13.9 Å². The molecule has 0 bridgehead atoms. The molecule has 124 valence electrons. The summed E-state index contributed by atoms with van der Waals surface area (Å²) >= 11 is 3.42. The Balaban J connectivity index is 1.93. The number of aromatic amines is 1. The first-order chi connectivity index (χ1) is 10.9. The van der Waals surface area contributed by atoms with E-state index in [2.05, 4.69) is 26.1 Å². The third kappa shape index (κ3) is 4.31. The summed E-state index contributed by atoms with van der Waals surface area (Å²) in [6.45, 7) is 4.67. The third-order valence-corrected chi connectivity index (χ3v) is 4.15. The quantitative estimate of drug-likeness (QED) is 0.828. The lowest BCUT2D eigenvalue weighted by molar-refractivity contribution is 0.0767. The number of ether oxygens (including phenoxy) is 1. The normalized spacial score (nSPS) is 10.9. The van der Waals surface area contributed by atoms with Crippen LogP contribution in [0.5, 0.6) is 5.75 Å². The summed E-state index contributed by atoms with van der Waals surface area (Å²) in [4.78, 5) is 13.9. The average molecular weight is 384 g/mol. The molecular weight excluding hydrogens is 365 g/mol. The number of carbonyl (C=O) groups excluding carboxylic acids is 1. The van der Waals surface area contributed by atoms with Crippen LogP contribution in [0.4, 0.5) is 4.39 Å². The van der Waals surface area contributed by atoms with Crippen molar-refractivity contribution in [1.29, 1.82) is 0 Å². The van der Waals surface area contributed by atoms with E-state index in [0.717, 1.165) is 5.69 Å². The second kappa shape index (κ2) is 7.59.